The quantitative estimate of drug-likeness (QED) is 0.867. The Hall–Kier alpha value is -1.38. The van der Waals surface area contributed by atoms with Crippen LogP contribution in [0.15, 0.2) is 42.5 Å². The summed E-state index contributed by atoms with van der Waals surface area (Å²) in [6, 6.07) is 14.2. The molecule has 0 saturated carbocycles. The fraction of sp³-hybridized carbons (Fsp3) is 0.333. The predicted molar refractivity (Wildman–Crippen MR) is 85.2 cm³/mol. The highest BCUT2D eigenvalue weighted by molar-refractivity contribution is 6.30. The molecule has 2 aromatic carbocycles. The van der Waals surface area contributed by atoms with Gasteiger partial charge in [-0.05, 0) is 55.0 Å². The minimum absolute atomic E-state index is 0.118. The average Bonchev–Trinajstić information content (AvgIpc) is 2.50. The molecule has 1 nitrogen and oxygen atoms in total. The van der Waals surface area contributed by atoms with Crippen LogP contribution < -0.4 is 5.32 Å². The first-order valence-electron chi connectivity index (χ1n) is 7.41. The van der Waals surface area contributed by atoms with Crippen LogP contribution in [0.1, 0.15) is 36.1 Å². The highest BCUT2D eigenvalue weighted by Crippen LogP contribution is 2.25. The summed E-state index contributed by atoms with van der Waals surface area (Å²) in [7, 11) is 0. The normalized spacial score (nSPS) is 19.1. The molecule has 3 rings (SSSR count). The summed E-state index contributed by atoms with van der Waals surface area (Å²) in [5, 5.41) is 3.79. The Morgan fingerprint density at radius 1 is 1.19 bits per heavy atom. The molecule has 0 fully saturated rings. The van der Waals surface area contributed by atoms with E-state index in [1.165, 1.54) is 17.2 Å². The number of halogens is 2. The summed E-state index contributed by atoms with van der Waals surface area (Å²) in [5.74, 6) is -0.350. The Kier molecular flexibility index (Phi) is 4.27. The van der Waals surface area contributed by atoms with Gasteiger partial charge in [-0.3, -0.25) is 0 Å². The van der Waals surface area contributed by atoms with Crippen molar-refractivity contribution in [1.82, 2.24) is 5.32 Å². The number of rotatable bonds is 3. The number of hydrogen-bond acceptors (Lipinski definition) is 1. The molecular weight excluding hydrogens is 285 g/mol. The molecule has 0 bridgehead atoms. The van der Waals surface area contributed by atoms with Crippen molar-refractivity contribution in [2.24, 2.45) is 0 Å². The second-order valence-corrected chi connectivity index (χ2v) is 6.18. The lowest BCUT2D eigenvalue weighted by Gasteiger charge is -2.28. The fourth-order valence-corrected chi connectivity index (χ4v) is 3.19. The van der Waals surface area contributed by atoms with Gasteiger partial charge in [-0.2, -0.15) is 0 Å². The van der Waals surface area contributed by atoms with Gasteiger partial charge in [-0.15, -0.1) is 0 Å². The van der Waals surface area contributed by atoms with Crippen molar-refractivity contribution in [1.29, 1.82) is 0 Å². The van der Waals surface area contributed by atoms with Gasteiger partial charge in [0, 0.05) is 12.1 Å². The van der Waals surface area contributed by atoms with Crippen LogP contribution in [0.3, 0.4) is 0 Å². The lowest BCUT2D eigenvalue weighted by Crippen LogP contribution is -2.36. The van der Waals surface area contributed by atoms with E-state index in [1.807, 2.05) is 6.07 Å². The standard InChI is InChI=1S/C18H19ClFN/c1-12(14-7-9-17(19)18(20)11-14)21-16-8-6-13-4-2-3-5-15(13)10-16/h2-5,7,9,11-12,16,21H,6,8,10H2,1H3. The van der Waals surface area contributed by atoms with Crippen LogP contribution in [-0.2, 0) is 12.8 Å². The van der Waals surface area contributed by atoms with Crippen molar-refractivity contribution < 1.29 is 4.39 Å². The summed E-state index contributed by atoms with van der Waals surface area (Å²) in [6.45, 7) is 2.07. The zero-order valence-corrected chi connectivity index (χ0v) is 12.8. The first-order chi connectivity index (χ1) is 10.1. The van der Waals surface area contributed by atoms with Crippen LogP contribution in [0.25, 0.3) is 0 Å². The van der Waals surface area contributed by atoms with Crippen LogP contribution in [0.4, 0.5) is 4.39 Å². The highest BCUT2D eigenvalue weighted by atomic mass is 35.5. The van der Waals surface area contributed by atoms with Crippen molar-refractivity contribution in [2.75, 3.05) is 0 Å². The van der Waals surface area contributed by atoms with Crippen molar-refractivity contribution in [3.05, 3.63) is 70.0 Å². The van der Waals surface area contributed by atoms with Crippen molar-refractivity contribution in [3.63, 3.8) is 0 Å². The van der Waals surface area contributed by atoms with Crippen LogP contribution in [0.2, 0.25) is 5.02 Å². The van der Waals surface area contributed by atoms with Crippen molar-refractivity contribution in [2.45, 2.75) is 38.3 Å². The third-order valence-electron chi connectivity index (χ3n) is 4.28. The van der Waals surface area contributed by atoms with Gasteiger partial charge >= 0.3 is 0 Å². The molecule has 0 aromatic heterocycles. The van der Waals surface area contributed by atoms with E-state index in [9.17, 15) is 4.39 Å². The Bertz CT molecular complexity index is 641. The van der Waals surface area contributed by atoms with E-state index in [0.29, 0.717) is 6.04 Å². The molecule has 0 aliphatic heterocycles. The van der Waals surface area contributed by atoms with Crippen LogP contribution in [0, 0.1) is 5.82 Å². The lowest BCUT2D eigenvalue weighted by atomic mass is 9.88. The molecule has 2 atom stereocenters. The molecule has 110 valence electrons. The molecule has 0 radical (unpaired) electrons. The maximum atomic E-state index is 13.6. The third kappa shape index (κ3) is 3.28. The van der Waals surface area contributed by atoms with E-state index >= 15 is 0 Å². The molecule has 0 amide bonds. The maximum absolute atomic E-state index is 13.6. The zero-order chi connectivity index (χ0) is 14.8. The van der Waals surface area contributed by atoms with E-state index in [4.69, 9.17) is 11.6 Å². The molecular formula is C18H19ClFN. The molecule has 0 heterocycles. The first-order valence-corrected chi connectivity index (χ1v) is 7.79. The van der Waals surface area contributed by atoms with E-state index in [2.05, 4.69) is 36.5 Å². The lowest BCUT2D eigenvalue weighted by molar-refractivity contribution is 0.413. The van der Waals surface area contributed by atoms with Crippen LogP contribution in [-0.4, -0.2) is 6.04 Å². The number of aryl methyl sites for hydroxylation is 1. The van der Waals surface area contributed by atoms with Crippen molar-refractivity contribution in [3.8, 4) is 0 Å². The summed E-state index contributed by atoms with van der Waals surface area (Å²) in [4.78, 5) is 0. The van der Waals surface area contributed by atoms with Gasteiger partial charge in [0.25, 0.3) is 0 Å². The van der Waals surface area contributed by atoms with Crippen molar-refractivity contribution >= 4 is 11.6 Å². The fourth-order valence-electron chi connectivity index (χ4n) is 3.07. The topological polar surface area (TPSA) is 12.0 Å². The van der Waals surface area contributed by atoms with Gasteiger partial charge in [-0.25, -0.2) is 4.39 Å². The first kappa shape index (κ1) is 14.6. The van der Waals surface area contributed by atoms with Gasteiger partial charge in [0.15, 0.2) is 0 Å². The van der Waals surface area contributed by atoms with Crippen LogP contribution in [0.5, 0.6) is 0 Å². The molecule has 21 heavy (non-hydrogen) atoms. The summed E-state index contributed by atoms with van der Waals surface area (Å²) in [5.41, 5.74) is 3.83. The Labute approximate surface area is 130 Å². The second kappa shape index (κ2) is 6.17. The van der Waals surface area contributed by atoms with Gasteiger partial charge in [0.05, 0.1) is 5.02 Å². The van der Waals surface area contributed by atoms with E-state index in [0.717, 1.165) is 24.8 Å². The van der Waals surface area contributed by atoms with Crippen LogP contribution >= 0.6 is 11.6 Å². The monoisotopic (exact) mass is 303 g/mol. The average molecular weight is 304 g/mol. The largest absolute Gasteiger partial charge is 0.307 e. The molecule has 1 aliphatic carbocycles. The molecule has 0 saturated heterocycles. The van der Waals surface area contributed by atoms with Gasteiger partial charge in [-0.1, -0.05) is 41.9 Å². The third-order valence-corrected chi connectivity index (χ3v) is 4.58. The Balaban J connectivity index is 1.68. The zero-order valence-electron chi connectivity index (χ0n) is 12.1. The van der Waals surface area contributed by atoms with E-state index in [-0.39, 0.29) is 16.9 Å². The molecule has 1 aliphatic rings. The molecule has 2 unspecified atom stereocenters. The minimum Gasteiger partial charge on any atom is -0.307 e. The summed E-state index contributed by atoms with van der Waals surface area (Å²) >= 11 is 5.74. The highest BCUT2D eigenvalue weighted by Gasteiger charge is 2.20. The SMILES string of the molecule is CC(NC1CCc2ccccc2C1)c1ccc(Cl)c(F)c1. The number of fused-ring (bicyclic) bond motifs is 1. The smallest absolute Gasteiger partial charge is 0.142 e. The Morgan fingerprint density at radius 2 is 1.95 bits per heavy atom. The Morgan fingerprint density at radius 3 is 2.71 bits per heavy atom. The molecule has 2 aromatic rings. The summed E-state index contributed by atoms with van der Waals surface area (Å²) < 4.78 is 13.6. The number of benzene rings is 2. The molecule has 3 heteroatoms. The number of hydrogen-bond donors (Lipinski definition) is 1. The predicted octanol–water partition coefficient (Wildman–Crippen LogP) is 4.69. The molecule has 1 N–H and O–H groups in total. The number of nitrogens with one attached hydrogen (secondary N) is 1. The van der Waals surface area contributed by atoms with Gasteiger partial charge < -0.3 is 5.32 Å². The summed E-state index contributed by atoms with van der Waals surface area (Å²) in [6.07, 6.45) is 3.27. The van der Waals surface area contributed by atoms with E-state index < -0.39 is 0 Å². The van der Waals surface area contributed by atoms with Gasteiger partial charge in [0.2, 0.25) is 0 Å². The maximum Gasteiger partial charge on any atom is 0.142 e. The second-order valence-electron chi connectivity index (χ2n) is 5.77. The minimum atomic E-state index is -0.350. The van der Waals surface area contributed by atoms with Gasteiger partial charge in [0.1, 0.15) is 5.82 Å². The van der Waals surface area contributed by atoms with E-state index in [1.54, 1.807) is 6.07 Å². The molecule has 0 spiro atoms.